The fourth-order valence-electron chi connectivity index (χ4n) is 1.06. The molecule has 0 unspecified atom stereocenters. The van der Waals surface area contributed by atoms with Crippen molar-refractivity contribution >= 4 is 0 Å². The van der Waals surface area contributed by atoms with E-state index in [1.807, 2.05) is 13.8 Å². The Morgan fingerprint density at radius 1 is 1.33 bits per heavy atom. The molecule has 0 atom stereocenters. The molecule has 66 valence electrons. The summed E-state index contributed by atoms with van der Waals surface area (Å²) in [6.07, 6.45) is 0. The van der Waals surface area contributed by atoms with Gasteiger partial charge in [0.2, 0.25) is 5.88 Å². The second-order valence-electron chi connectivity index (χ2n) is 2.56. The third-order valence-electron chi connectivity index (χ3n) is 1.70. The molecule has 0 bridgehead atoms. The van der Waals surface area contributed by atoms with Crippen LogP contribution in [0.25, 0.3) is 0 Å². The van der Waals surface area contributed by atoms with Gasteiger partial charge < -0.3 is 10.5 Å². The van der Waals surface area contributed by atoms with Crippen LogP contribution in [0.2, 0.25) is 0 Å². The van der Waals surface area contributed by atoms with Crippen LogP contribution in [0.5, 0.6) is 5.88 Å². The zero-order chi connectivity index (χ0) is 9.14. The Morgan fingerprint density at radius 2 is 2.00 bits per heavy atom. The minimum atomic E-state index is 0.422. The first-order valence-corrected chi connectivity index (χ1v) is 3.77. The van der Waals surface area contributed by atoms with Crippen molar-refractivity contribution in [3.05, 3.63) is 17.1 Å². The highest BCUT2D eigenvalue weighted by atomic mass is 16.5. The molecule has 0 radical (unpaired) electrons. The van der Waals surface area contributed by atoms with Gasteiger partial charge in [0.25, 0.3) is 0 Å². The van der Waals surface area contributed by atoms with Crippen LogP contribution in [0.15, 0.2) is 0 Å². The lowest BCUT2D eigenvalue weighted by Crippen LogP contribution is -2.07. The number of nitrogens with zero attached hydrogens (tertiary/aromatic N) is 2. The van der Waals surface area contributed by atoms with E-state index in [2.05, 4.69) is 9.97 Å². The molecule has 4 heteroatoms. The maximum Gasteiger partial charge on any atom is 0.219 e. The van der Waals surface area contributed by atoms with Crippen molar-refractivity contribution in [1.82, 2.24) is 9.97 Å². The average Bonchev–Trinajstić information content (AvgIpc) is 2.08. The van der Waals surface area contributed by atoms with Crippen molar-refractivity contribution in [1.29, 1.82) is 0 Å². The van der Waals surface area contributed by atoms with Crippen LogP contribution < -0.4 is 10.5 Å². The molecule has 0 aliphatic rings. The molecule has 1 rings (SSSR count). The molecule has 0 amide bonds. The molecule has 0 spiro atoms. The molecule has 1 aromatic heterocycles. The van der Waals surface area contributed by atoms with Gasteiger partial charge in [-0.1, -0.05) is 0 Å². The van der Waals surface area contributed by atoms with Crippen LogP contribution >= 0.6 is 0 Å². The van der Waals surface area contributed by atoms with Crippen molar-refractivity contribution in [2.45, 2.75) is 20.4 Å². The Kier molecular flexibility index (Phi) is 2.60. The van der Waals surface area contributed by atoms with Gasteiger partial charge in [0, 0.05) is 12.1 Å². The van der Waals surface area contributed by atoms with Crippen molar-refractivity contribution in [2.75, 3.05) is 7.11 Å². The van der Waals surface area contributed by atoms with Crippen LogP contribution in [-0.2, 0) is 6.54 Å². The van der Waals surface area contributed by atoms with Crippen molar-refractivity contribution in [3.8, 4) is 5.88 Å². The number of ether oxygens (including phenoxy) is 1. The molecule has 4 nitrogen and oxygen atoms in total. The van der Waals surface area contributed by atoms with E-state index in [1.165, 1.54) is 0 Å². The maximum absolute atomic E-state index is 5.50. The van der Waals surface area contributed by atoms with E-state index < -0.39 is 0 Å². The third-order valence-corrected chi connectivity index (χ3v) is 1.70. The predicted molar refractivity (Wildman–Crippen MR) is 45.9 cm³/mol. The molecule has 0 aliphatic heterocycles. The van der Waals surface area contributed by atoms with Gasteiger partial charge in [-0.15, -0.1) is 0 Å². The average molecular weight is 167 g/mol. The lowest BCUT2D eigenvalue weighted by Gasteiger charge is -2.07. The second-order valence-corrected chi connectivity index (χ2v) is 2.56. The van der Waals surface area contributed by atoms with Gasteiger partial charge in [-0.05, 0) is 13.8 Å². The van der Waals surface area contributed by atoms with Gasteiger partial charge in [-0.25, -0.2) is 4.98 Å². The Morgan fingerprint density at radius 3 is 2.50 bits per heavy atom. The summed E-state index contributed by atoms with van der Waals surface area (Å²) in [4.78, 5) is 8.29. The Labute approximate surface area is 71.8 Å². The fourth-order valence-corrected chi connectivity index (χ4v) is 1.06. The van der Waals surface area contributed by atoms with Gasteiger partial charge in [0.15, 0.2) is 0 Å². The van der Waals surface area contributed by atoms with E-state index in [-0.39, 0.29) is 0 Å². The first-order valence-electron chi connectivity index (χ1n) is 3.77. The van der Waals surface area contributed by atoms with Gasteiger partial charge in [0.1, 0.15) is 5.82 Å². The van der Waals surface area contributed by atoms with E-state index in [0.717, 1.165) is 11.3 Å². The Balaban J connectivity index is 3.22. The van der Waals surface area contributed by atoms with E-state index in [4.69, 9.17) is 10.5 Å². The van der Waals surface area contributed by atoms with Gasteiger partial charge >= 0.3 is 0 Å². The van der Waals surface area contributed by atoms with Crippen molar-refractivity contribution in [3.63, 3.8) is 0 Å². The monoisotopic (exact) mass is 167 g/mol. The lowest BCUT2D eigenvalue weighted by atomic mass is 10.2. The normalized spacial score (nSPS) is 10.0. The minimum Gasteiger partial charge on any atom is -0.481 e. The number of nitrogens with two attached hydrogens (primary N) is 1. The predicted octanol–water partition coefficient (Wildman–Crippen LogP) is 0.561. The number of rotatable bonds is 2. The quantitative estimate of drug-likeness (QED) is 0.699. The van der Waals surface area contributed by atoms with Crippen LogP contribution in [0.3, 0.4) is 0 Å². The summed E-state index contributed by atoms with van der Waals surface area (Å²) >= 11 is 0. The summed E-state index contributed by atoms with van der Waals surface area (Å²) in [5.74, 6) is 1.31. The zero-order valence-corrected chi connectivity index (χ0v) is 7.59. The number of aromatic nitrogens is 2. The number of methoxy groups -OCH3 is 1. The van der Waals surface area contributed by atoms with E-state index in [0.29, 0.717) is 18.2 Å². The van der Waals surface area contributed by atoms with Crippen LogP contribution in [0.1, 0.15) is 17.1 Å². The smallest absolute Gasteiger partial charge is 0.219 e. The molecular formula is C8H13N3O. The molecule has 1 aromatic rings. The number of hydrogen-bond donors (Lipinski definition) is 1. The highest BCUT2D eigenvalue weighted by Gasteiger charge is 2.06. The minimum absolute atomic E-state index is 0.422. The van der Waals surface area contributed by atoms with E-state index >= 15 is 0 Å². The van der Waals surface area contributed by atoms with Crippen LogP contribution in [0, 0.1) is 13.8 Å². The Hall–Kier alpha value is -1.16. The first-order chi connectivity index (χ1) is 5.69. The first kappa shape index (κ1) is 8.93. The van der Waals surface area contributed by atoms with Gasteiger partial charge in [-0.3, -0.25) is 0 Å². The molecule has 0 fully saturated rings. The molecule has 0 aliphatic carbocycles. The summed E-state index contributed by atoms with van der Waals surface area (Å²) in [5, 5.41) is 0. The highest BCUT2D eigenvalue weighted by molar-refractivity contribution is 5.29. The second kappa shape index (κ2) is 3.49. The van der Waals surface area contributed by atoms with Crippen molar-refractivity contribution < 1.29 is 4.74 Å². The van der Waals surface area contributed by atoms with E-state index in [9.17, 15) is 0 Å². The number of hydrogen-bond acceptors (Lipinski definition) is 4. The largest absolute Gasteiger partial charge is 0.481 e. The molecule has 0 aromatic carbocycles. The number of aryl methyl sites for hydroxylation is 1. The topological polar surface area (TPSA) is 61.0 Å². The molecular weight excluding hydrogens is 154 g/mol. The van der Waals surface area contributed by atoms with Gasteiger partial charge in [-0.2, -0.15) is 4.98 Å². The summed E-state index contributed by atoms with van der Waals surface area (Å²) in [6, 6.07) is 0. The molecule has 0 saturated carbocycles. The van der Waals surface area contributed by atoms with Gasteiger partial charge in [0.05, 0.1) is 12.8 Å². The molecule has 0 saturated heterocycles. The summed E-state index contributed by atoms with van der Waals surface area (Å²) in [6.45, 7) is 4.15. The third kappa shape index (κ3) is 1.53. The maximum atomic E-state index is 5.50. The van der Waals surface area contributed by atoms with Crippen LogP contribution in [-0.4, -0.2) is 17.1 Å². The summed E-state index contributed by atoms with van der Waals surface area (Å²) in [5.41, 5.74) is 7.27. The SMILES string of the molecule is COc1nc(C)nc(CN)c1C. The molecule has 2 N–H and O–H groups in total. The fraction of sp³-hybridized carbons (Fsp3) is 0.500. The Bertz CT molecular complexity index is 261. The lowest BCUT2D eigenvalue weighted by molar-refractivity contribution is 0.391. The summed E-state index contributed by atoms with van der Waals surface area (Å²) < 4.78 is 5.06. The van der Waals surface area contributed by atoms with E-state index in [1.54, 1.807) is 7.11 Å². The van der Waals surface area contributed by atoms with Crippen LogP contribution in [0.4, 0.5) is 0 Å². The zero-order valence-electron chi connectivity index (χ0n) is 7.59. The van der Waals surface area contributed by atoms with Crippen molar-refractivity contribution in [2.24, 2.45) is 5.73 Å². The standard InChI is InChI=1S/C8H13N3O/c1-5-7(4-9)10-6(2)11-8(5)12-3/h4,9H2,1-3H3. The molecule has 12 heavy (non-hydrogen) atoms. The summed E-state index contributed by atoms with van der Waals surface area (Å²) in [7, 11) is 1.59. The molecule has 1 heterocycles. The highest BCUT2D eigenvalue weighted by Crippen LogP contribution is 2.16.